The molecule has 1 aliphatic rings. The molecule has 0 N–H and O–H groups in total. The van der Waals surface area contributed by atoms with Crippen molar-refractivity contribution in [2.45, 2.75) is 0 Å². The molecule has 0 aliphatic carbocycles. The summed E-state index contributed by atoms with van der Waals surface area (Å²) in [6.45, 7) is 0. The van der Waals surface area contributed by atoms with Crippen LogP contribution in [0.2, 0.25) is 0 Å². The molecular formula is C46H31N3. The smallest absolute Gasteiger partial charge is 0.160 e. The number of para-hydroxylation sites is 1. The molecule has 7 aromatic carbocycles. The number of hydrogen-bond acceptors (Lipinski definition) is 3. The number of benzene rings is 7. The number of aromatic nitrogens is 2. The molecule has 0 radical (unpaired) electrons. The second-order valence-corrected chi connectivity index (χ2v) is 12.2. The lowest BCUT2D eigenvalue weighted by molar-refractivity contribution is 1.18. The number of anilines is 3. The van der Waals surface area contributed by atoms with Crippen molar-refractivity contribution in [1.82, 2.24) is 9.97 Å². The van der Waals surface area contributed by atoms with E-state index in [4.69, 9.17) is 9.97 Å². The number of rotatable bonds is 5. The highest BCUT2D eigenvalue weighted by molar-refractivity contribution is 6.04. The van der Waals surface area contributed by atoms with Gasteiger partial charge in [0.1, 0.15) is 0 Å². The van der Waals surface area contributed by atoms with Crippen LogP contribution in [0.5, 0.6) is 0 Å². The summed E-state index contributed by atoms with van der Waals surface area (Å²) in [5.74, 6) is 0.694. The van der Waals surface area contributed by atoms with Crippen LogP contribution in [0.1, 0.15) is 0 Å². The van der Waals surface area contributed by atoms with Crippen LogP contribution >= 0.6 is 0 Å². The van der Waals surface area contributed by atoms with Crippen LogP contribution in [0.3, 0.4) is 0 Å². The molecule has 49 heavy (non-hydrogen) atoms. The van der Waals surface area contributed by atoms with Gasteiger partial charge in [0.2, 0.25) is 0 Å². The molecule has 8 aromatic rings. The average molecular weight is 626 g/mol. The molecule has 0 spiro atoms. The molecule has 0 bridgehead atoms. The Morgan fingerprint density at radius 2 is 0.735 bits per heavy atom. The van der Waals surface area contributed by atoms with Crippen molar-refractivity contribution < 1.29 is 0 Å². The molecule has 9 rings (SSSR count). The molecule has 0 unspecified atom stereocenters. The Morgan fingerprint density at radius 3 is 1.27 bits per heavy atom. The first kappa shape index (κ1) is 28.6. The zero-order valence-electron chi connectivity index (χ0n) is 26.7. The quantitative estimate of drug-likeness (QED) is 0.191. The fourth-order valence-electron chi connectivity index (χ4n) is 6.87. The monoisotopic (exact) mass is 625 g/mol. The Labute approximate surface area is 286 Å². The topological polar surface area (TPSA) is 29.0 Å². The Kier molecular flexibility index (Phi) is 7.14. The lowest BCUT2D eigenvalue weighted by Crippen LogP contribution is -2.11. The van der Waals surface area contributed by atoms with E-state index in [0.29, 0.717) is 5.82 Å². The maximum atomic E-state index is 5.16. The zero-order valence-corrected chi connectivity index (χ0v) is 26.7. The van der Waals surface area contributed by atoms with Gasteiger partial charge in [-0.15, -0.1) is 0 Å². The van der Waals surface area contributed by atoms with Crippen molar-refractivity contribution in [1.29, 1.82) is 0 Å². The summed E-state index contributed by atoms with van der Waals surface area (Å²) in [6, 6.07) is 66.3. The molecule has 0 saturated heterocycles. The van der Waals surface area contributed by atoms with Crippen LogP contribution in [0.4, 0.5) is 17.1 Å². The summed E-state index contributed by atoms with van der Waals surface area (Å²) in [5, 5.41) is 0. The van der Waals surface area contributed by atoms with Crippen molar-refractivity contribution in [3.05, 3.63) is 188 Å². The fraction of sp³-hybridized carbons (Fsp3) is 0. The van der Waals surface area contributed by atoms with Crippen molar-refractivity contribution in [2.24, 2.45) is 0 Å². The minimum atomic E-state index is 0.694. The summed E-state index contributed by atoms with van der Waals surface area (Å²) < 4.78 is 0. The second-order valence-electron chi connectivity index (χ2n) is 12.2. The van der Waals surface area contributed by atoms with E-state index < -0.39 is 0 Å². The minimum absolute atomic E-state index is 0.694. The Hall–Kier alpha value is -6.58. The van der Waals surface area contributed by atoms with E-state index in [1.165, 1.54) is 27.8 Å². The third kappa shape index (κ3) is 5.28. The average Bonchev–Trinajstić information content (AvgIpc) is 3.31. The Morgan fingerprint density at radius 1 is 0.306 bits per heavy atom. The third-order valence-corrected chi connectivity index (χ3v) is 9.23. The second kappa shape index (κ2) is 12.2. The first-order chi connectivity index (χ1) is 24.3. The highest BCUT2D eigenvalue weighted by Gasteiger charge is 2.27. The molecule has 3 heteroatoms. The van der Waals surface area contributed by atoms with Crippen LogP contribution < -0.4 is 4.90 Å². The predicted octanol–water partition coefficient (Wildman–Crippen LogP) is 12.3. The van der Waals surface area contributed by atoms with Gasteiger partial charge in [-0.1, -0.05) is 140 Å². The first-order valence-electron chi connectivity index (χ1n) is 16.6. The molecule has 1 aromatic heterocycles. The van der Waals surface area contributed by atoms with E-state index in [-0.39, 0.29) is 0 Å². The molecule has 1 aliphatic heterocycles. The summed E-state index contributed by atoms with van der Waals surface area (Å²) >= 11 is 0. The van der Waals surface area contributed by atoms with E-state index in [1.807, 2.05) is 12.1 Å². The summed E-state index contributed by atoms with van der Waals surface area (Å²) in [4.78, 5) is 12.7. The van der Waals surface area contributed by atoms with E-state index >= 15 is 0 Å². The minimum Gasteiger partial charge on any atom is -0.309 e. The van der Waals surface area contributed by atoms with Gasteiger partial charge in [0.05, 0.1) is 22.8 Å². The van der Waals surface area contributed by atoms with Gasteiger partial charge in [0.15, 0.2) is 5.82 Å². The van der Waals surface area contributed by atoms with Crippen LogP contribution in [0.15, 0.2) is 188 Å². The van der Waals surface area contributed by atoms with Gasteiger partial charge in [0, 0.05) is 33.5 Å². The first-order valence-corrected chi connectivity index (χ1v) is 16.6. The van der Waals surface area contributed by atoms with Crippen LogP contribution in [-0.2, 0) is 0 Å². The number of fused-ring (bicyclic) bond motifs is 5. The maximum absolute atomic E-state index is 5.16. The van der Waals surface area contributed by atoms with Crippen LogP contribution in [0.25, 0.3) is 67.3 Å². The van der Waals surface area contributed by atoms with Gasteiger partial charge in [-0.05, 0) is 70.8 Å². The van der Waals surface area contributed by atoms with Crippen molar-refractivity contribution in [3.63, 3.8) is 0 Å². The van der Waals surface area contributed by atoms with Crippen LogP contribution in [0, 0.1) is 0 Å². The standard InChI is InChI=1S/C46H31N3/c1-5-15-32(16-6-1)35-25-27-44-40(29-35)38-23-13-14-24-39(38)41-30-36(26-28-45(41)49(44)37-21-11-4-12-22-37)46-47-42(33-17-7-2-8-18-33)31-43(48-46)34-19-9-3-10-20-34/h1-31H. The molecule has 0 fully saturated rings. The number of nitrogens with zero attached hydrogens (tertiary/aromatic N) is 3. The molecular weight excluding hydrogens is 595 g/mol. The summed E-state index contributed by atoms with van der Waals surface area (Å²) in [6.07, 6.45) is 0. The van der Waals surface area contributed by atoms with E-state index in [1.54, 1.807) is 0 Å². The largest absolute Gasteiger partial charge is 0.309 e. The normalized spacial score (nSPS) is 11.6. The molecule has 0 saturated carbocycles. The number of hydrogen-bond donors (Lipinski definition) is 0. The lowest BCUT2D eigenvalue weighted by Gasteiger charge is -2.28. The predicted molar refractivity (Wildman–Crippen MR) is 203 cm³/mol. The summed E-state index contributed by atoms with van der Waals surface area (Å²) in [5.41, 5.74) is 15.3. The van der Waals surface area contributed by atoms with Gasteiger partial charge < -0.3 is 4.90 Å². The highest BCUT2D eigenvalue weighted by Crippen LogP contribution is 2.52. The highest BCUT2D eigenvalue weighted by atomic mass is 15.1. The zero-order chi connectivity index (χ0) is 32.6. The molecule has 230 valence electrons. The van der Waals surface area contributed by atoms with Crippen molar-refractivity contribution in [2.75, 3.05) is 4.90 Å². The van der Waals surface area contributed by atoms with Gasteiger partial charge >= 0.3 is 0 Å². The van der Waals surface area contributed by atoms with E-state index in [2.05, 4.69) is 181 Å². The fourth-order valence-corrected chi connectivity index (χ4v) is 6.87. The maximum Gasteiger partial charge on any atom is 0.160 e. The van der Waals surface area contributed by atoms with E-state index in [0.717, 1.165) is 50.7 Å². The molecule has 0 amide bonds. The SMILES string of the molecule is c1ccc(-c2ccc3c(c2)-c2ccccc2-c2cc(-c4nc(-c5ccccc5)cc(-c5ccccc5)n4)ccc2N3c2ccccc2)cc1. The molecule has 3 nitrogen and oxygen atoms in total. The van der Waals surface area contributed by atoms with Gasteiger partial charge in [-0.2, -0.15) is 0 Å². The third-order valence-electron chi connectivity index (χ3n) is 9.23. The van der Waals surface area contributed by atoms with Gasteiger partial charge in [0.25, 0.3) is 0 Å². The Balaban J connectivity index is 1.28. The Bertz CT molecular complexity index is 2360. The van der Waals surface area contributed by atoms with Crippen LogP contribution in [-0.4, -0.2) is 9.97 Å². The van der Waals surface area contributed by atoms with Gasteiger partial charge in [-0.3, -0.25) is 0 Å². The molecule has 2 heterocycles. The summed E-state index contributed by atoms with van der Waals surface area (Å²) in [7, 11) is 0. The van der Waals surface area contributed by atoms with Crippen molar-refractivity contribution >= 4 is 17.1 Å². The molecule has 0 atom stereocenters. The van der Waals surface area contributed by atoms with E-state index in [9.17, 15) is 0 Å². The lowest BCUT2D eigenvalue weighted by atomic mass is 9.92. The van der Waals surface area contributed by atoms with Crippen molar-refractivity contribution in [3.8, 4) is 67.3 Å². The van der Waals surface area contributed by atoms with Gasteiger partial charge in [-0.25, -0.2) is 9.97 Å².